The average molecular weight is 408 g/mol. The van der Waals surface area contributed by atoms with Crippen molar-refractivity contribution in [3.05, 3.63) is 48.2 Å². The molecule has 0 radical (unpaired) electrons. The molecule has 3 heterocycles. The zero-order valence-corrected chi connectivity index (χ0v) is 16.7. The predicted molar refractivity (Wildman–Crippen MR) is 115 cm³/mol. The van der Waals surface area contributed by atoms with Crippen LogP contribution in [-0.4, -0.2) is 49.3 Å². The van der Waals surface area contributed by atoms with Gasteiger partial charge in [-0.2, -0.15) is 0 Å². The Kier molecular flexibility index (Phi) is 4.57. The third-order valence-corrected chi connectivity index (χ3v) is 6.07. The van der Waals surface area contributed by atoms with Crippen molar-refractivity contribution in [3.8, 4) is 5.75 Å². The van der Waals surface area contributed by atoms with Crippen molar-refractivity contribution in [3.63, 3.8) is 0 Å². The van der Waals surface area contributed by atoms with Crippen LogP contribution in [0.25, 0.3) is 21.1 Å². The second-order valence-corrected chi connectivity index (χ2v) is 7.88. The molecule has 148 valence electrons. The number of aromatic amines is 1. The second kappa shape index (κ2) is 7.38. The molecule has 2 aromatic carbocycles. The van der Waals surface area contributed by atoms with Gasteiger partial charge in [0.25, 0.3) is 5.91 Å². The first-order valence-corrected chi connectivity index (χ1v) is 10.2. The highest BCUT2D eigenvalue weighted by molar-refractivity contribution is 7.22. The van der Waals surface area contributed by atoms with E-state index in [0.717, 1.165) is 64.0 Å². The van der Waals surface area contributed by atoms with E-state index in [1.165, 1.54) is 0 Å². The molecule has 1 amide bonds. The summed E-state index contributed by atoms with van der Waals surface area (Å²) in [7, 11) is 1.62. The summed E-state index contributed by atoms with van der Waals surface area (Å²) in [6, 6.07) is 13.3. The number of carbonyl (C=O) groups excluding carboxylic acids is 1. The van der Waals surface area contributed by atoms with Crippen LogP contribution in [0, 0.1) is 0 Å². The summed E-state index contributed by atoms with van der Waals surface area (Å²) in [5.41, 5.74) is 3.05. The van der Waals surface area contributed by atoms with Crippen molar-refractivity contribution in [1.82, 2.24) is 9.97 Å². The standard InChI is InChI=1S/C21H20N4O3S/c1-27-15-4-2-13-10-18(23-17(13)12-15)20(26)22-14-3-5-16-19(11-14)29-21(24-16)25-6-8-28-9-7-25/h2-5,10-12,23H,6-9H2,1H3,(H,22,26). The summed E-state index contributed by atoms with van der Waals surface area (Å²) in [6.45, 7) is 3.17. The van der Waals surface area contributed by atoms with Crippen LogP contribution in [0.15, 0.2) is 42.5 Å². The van der Waals surface area contributed by atoms with Gasteiger partial charge in [0.2, 0.25) is 0 Å². The topological polar surface area (TPSA) is 79.5 Å². The fourth-order valence-corrected chi connectivity index (χ4v) is 4.49. The van der Waals surface area contributed by atoms with Crippen molar-refractivity contribution in [2.45, 2.75) is 0 Å². The maximum Gasteiger partial charge on any atom is 0.272 e. The Morgan fingerprint density at radius 2 is 2.07 bits per heavy atom. The molecule has 0 aliphatic carbocycles. The predicted octanol–water partition coefficient (Wildman–Crippen LogP) is 3.88. The summed E-state index contributed by atoms with van der Waals surface area (Å²) in [5.74, 6) is 0.565. The van der Waals surface area contributed by atoms with Crippen LogP contribution in [0.3, 0.4) is 0 Å². The smallest absolute Gasteiger partial charge is 0.272 e. The average Bonchev–Trinajstić information content (AvgIpc) is 3.37. The fourth-order valence-electron chi connectivity index (χ4n) is 3.43. The van der Waals surface area contributed by atoms with E-state index in [0.29, 0.717) is 5.69 Å². The summed E-state index contributed by atoms with van der Waals surface area (Å²) in [4.78, 5) is 22.8. The minimum atomic E-state index is -0.183. The molecule has 0 unspecified atom stereocenters. The van der Waals surface area contributed by atoms with Gasteiger partial charge in [-0.3, -0.25) is 4.79 Å². The van der Waals surface area contributed by atoms with E-state index in [-0.39, 0.29) is 5.91 Å². The lowest BCUT2D eigenvalue weighted by Gasteiger charge is -2.25. The van der Waals surface area contributed by atoms with E-state index >= 15 is 0 Å². The number of rotatable bonds is 4. The normalized spacial score (nSPS) is 14.4. The van der Waals surface area contributed by atoms with Crippen LogP contribution < -0.4 is 15.0 Å². The lowest BCUT2D eigenvalue weighted by molar-refractivity contribution is 0.102. The van der Waals surface area contributed by atoms with E-state index in [1.807, 2.05) is 42.5 Å². The number of methoxy groups -OCH3 is 1. The number of anilines is 2. The molecule has 5 rings (SSSR count). The highest BCUT2D eigenvalue weighted by Crippen LogP contribution is 2.31. The van der Waals surface area contributed by atoms with Gasteiger partial charge < -0.3 is 24.7 Å². The number of H-pyrrole nitrogens is 1. The van der Waals surface area contributed by atoms with Gasteiger partial charge in [0.1, 0.15) is 11.4 Å². The Bertz CT molecular complexity index is 1190. The molecular formula is C21H20N4O3S. The van der Waals surface area contributed by atoms with Crippen LogP contribution in [0.5, 0.6) is 5.75 Å². The number of ether oxygens (including phenoxy) is 2. The van der Waals surface area contributed by atoms with Gasteiger partial charge in [-0.1, -0.05) is 11.3 Å². The van der Waals surface area contributed by atoms with E-state index in [4.69, 9.17) is 14.5 Å². The van der Waals surface area contributed by atoms with Crippen molar-refractivity contribution in [2.75, 3.05) is 43.6 Å². The highest BCUT2D eigenvalue weighted by atomic mass is 32.1. The van der Waals surface area contributed by atoms with Gasteiger partial charge in [-0.05, 0) is 36.4 Å². The Morgan fingerprint density at radius 3 is 2.90 bits per heavy atom. The number of benzene rings is 2. The number of aromatic nitrogens is 2. The second-order valence-electron chi connectivity index (χ2n) is 6.87. The van der Waals surface area contributed by atoms with E-state index in [9.17, 15) is 4.79 Å². The SMILES string of the molecule is COc1ccc2cc(C(=O)Nc3ccc4nc(N5CCOCC5)sc4c3)[nH]c2c1. The quantitative estimate of drug-likeness (QED) is 0.536. The molecule has 0 spiro atoms. The van der Waals surface area contributed by atoms with Gasteiger partial charge in [-0.25, -0.2) is 4.98 Å². The van der Waals surface area contributed by atoms with Gasteiger partial charge in [0.15, 0.2) is 5.13 Å². The molecule has 0 bridgehead atoms. The highest BCUT2D eigenvalue weighted by Gasteiger charge is 2.16. The Morgan fingerprint density at radius 1 is 1.21 bits per heavy atom. The largest absolute Gasteiger partial charge is 0.497 e. The van der Waals surface area contributed by atoms with Crippen molar-refractivity contribution in [1.29, 1.82) is 0 Å². The Hall–Kier alpha value is -3.10. The third kappa shape index (κ3) is 3.52. The number of hydrogen-bond donors (Lipinski definition) is 2. The van der Waals surface area contributed by atoms with Gasteiger partial charge in [-0.15, -0.1) is 0 Å². The number of carbonyl (C=O) groups is 1. The van der Waals surface area contributed by atoms with Crippen LogP contribution >= 0.6 is 11.3 Å². The van der Waals surface area contributed by atoms with Crippen molar-refractivity contribution in [2.24, 2.45) is 0 Å². The molecule has 0 atom stereocenters. The Labute approximate surface area is 171 Å². The number of hydrogen-bond acceptors (Lipinski definition) is 6. The molecular weight excluding hydrogens is 388 g/mol. The van der Waals surface area contributed by atoms with Crippen LogP contribution in [0.4, 0.5) is 10.8 Å². The fraction of sp³-hybridized carbons (Fsp3) is 0.238. The number of fused-ring (bicyclic) bond motifs is 2. The number of amides is 1. The molecule has 0 saturated carbocycles. The molecule has 29 heavy (non-hydrogen) atoms. The molecule has 8 heteroatoms. The number of morpholine rings is 1. The number of thiazole rings is 1. The van der Waals surface area contributed by atoms with E-state index in [1.54, 1.807) is 18.4 Å². The van der Waals surface area contributed by atoms with Gasteiger partial charge in [0.05, 0.1) is 30.5 Å². The summed E-state index contributed by atoms with van der Waals surface area (Å²) in [6.07, 6.45) is 0. The zero-order chi connectivity index (χ0) is 19.8. The monoisotopic (exact) mass is 408 g/mol. The molecule has 7 nitrogen and oxygen atoms in total. The minimum absolute atomic E-state index is 0.183. The van der Waals surface area contributed by atoms with Crippen molar-refractivity contribution >= 4 is 49.2 Å². The van der Waals surface area contributed by atoms with E-state index in [2.05, 4.69) is 15.2 Å². The summed E-state index contributed by atoms with van der Waals surface area (Å²) < 4.78 is 11.7. The zero-order valence-electron chi connectivity index (χ0n) is 15.9. The molecule has 1 fully saturated rings. The van der Waals surface area contributed by atoms with Gasteiger partial charge >= 0.3 is 0 Å². The molecule has 4 aromatic rings. The maximum absolute atomic E-state index is 12.7. The number of nitrogens with zero attached hydrogens (tertiary/aromatic N) is 2. The van der Waals surface area contributed by atoms with Gasteiger partial charge in [0, 0.05) is 35.7 Å². The first kappa shape index (κ1) is 18.0. The lowest BCUT2D eigenvalue weighted by atomic mass is 10.2. The van der Waals surface area contributed by atoms with Crippen LogP contribution in [0.1, 0.15) is 10.5 Å². The third-order valence-electron chi connectivity index (χ3n) is 4.99. The first-order chi connectivity index (χ1) is 14.2. The van der Waals surface area contributed by atoms with Crippen molar-refractivity contribution < 1.29 is 14.3 Å². The Balaban J connectivity index is 1.37. The molecule has 1 saturated heterocycles. The first-order valence-electron chi connectivity index (χ1n) is 9.41. The lowest BCUT2D eigenvalue weighted by Crippen LogP contribution is -2.36. The summed E-state index contributed by atoms with van der Waals surface area (Å²) >= 11 is 1.64. The molecule has 2 aromatic heterocycles. The minimum Gasteiger partial charge on any atom is -0.497 e. The van der Waals surface area contributed by atoms with E-state index < -0.39 is 0 Å². The molecule has 2 N–H and O–H groups in total. The van der Waals surface area contributed by atoms with Crippen LogP contribution in [-0.2, 0) is 4.74 Å². The molecule has 1 aliphatic heterocycles. The summed E-state index contributed by atoms with van der Waals surface area (Å²) in [5, 5.41) is 4.93. The molecule has 1 aliphatic rings. The maximum atomic E-state index is 12.7. The number of nitrogens with one attached hydrogen (secondary N) is 2. The van der Waals surface area contributed by atoms with Crippen LogP contribution in [0.2, 0.25) is 0 Å².